The van der Waals surface area contributed by atoms with Gasteiger partial charge in [-0.15, -0.1) is 5.10 Å². The molecular weight excluding hydrogens is 789 g/mol. The maximum atomic E-state index is 12.9. The summed E-state index contributed by atoms with van der Waals surface area (Å²) in [6.07, 6.45) is 1.48. The Hall–Kier alpha value is -7.10. The Morgan fingerprint density at radius 2 is 1.61 bits per heavy atom. The molecule has 0 unspecified atom stereocenters. The van der Waals surface area contributed by atoms with Crippen LogP contribution in [0.3, 0.4) is 0 Å². The van der Waals surface area contributed by atoms with E-state index in [0.29, 0.717) is 74.2 Å². The first-order valence-corrected chi connectivity index (χ1v) is 21.2. The van der Waals surface area contributed by atoms with E-state index in [1.165, 1.54) is 27.1 Å². The lowest BCUT2D eigenvalue weighted by molar-refractivity contribution is -0.131. The van der Waals surface area contributed by atoms with E-state index in [4.69, 9.17) is 14.7 Å². The first-order chi connectivity index (χ1) is 30.1. The quantitative estimate of drug-likeness (QED) is 0.0836. The van der Waals surface area contributed by atoms with Crippen LogP contribution in [-0.2, 0) is 22.6 Å². The Labute approximate surface area is 359 Å². The molecule has 2 aliphatic rings. The van der Waals surface area contributed by atoms with E-state index in [9.17, 15) is 24.9 Å². The molecule has 1 saturated heterocycles. The van der Waals surface area contributed by atoms with E-state index in [0.717, 1.165) is 30.0 Å². The van der Waals surface area contributed by atoms with Gasteiger partial charge < -0.3 is 45.4 Å². The minimum Gasteiger partial charge on any atom is -0.508 e. The summed E-state index contributed by atoms with van der Waals surface area (Å²) in [6, 6.07) is 24.2. The molecule has 0 radical (unpaired) electrons. The van der Waals surface area contributed by atoms with Crippen LogP contribution >= 0.6 is 0 Å². The second-order valence-electron chi connectivity index (χ2n) is 15.8. The third kappa shape index (κ3) is 8.85. The van der Waals surface area contributed by atoms with Gasteiger partial charge >= 0.3 is 6.01 Å². The number of carbonyl (C=O) groups is 2. The van der Waals surface area contributed by atoms with Gasteiger partial charge in [0.2, 0.25) is 17.8 Å². The molecule has 16 nitrogen and oxygen atoms in total. The number of aromatic hydroxyl groups is 3. The largest absolute Gasteiger partial charge is 0.508 e. The van der Waals surface area contributed by atoms with E-state index < -0.39 is 0 Å². The predicted molar refractivity (Wildman–Crippen MR) is 237 cm³/mol. The fourth-order valence-electron chi connectivity index (χ4n) is 8.18. The number of piperazine rings is 1. The molecule has 6 aromatic rings. The van der Waals surface area contributed by atoms with Crippen LogP contribution in [0.5, 0.6) is 23.3 Å². The van der Waals surface area contributed by atoms with E-state index in [-0.39, 0.29) is 60.6 Å². The maximum Gasteiger partial charge on any atom is 0.319 e. The first-order valence-electron chi connectivity index (χ1n) is 21.2. The Morgan fingerprint density at radius 3 is 2.39 bits per heavy atom. The van der Waals surface area contributed by atoms with Gasteiger partial charge in [0.05, 0.1) is 30.0 Å². The van der Waals surface area contributed by atoms with Gasteiger partial charge in [-0.1, -0.05) is 62.3 Å². The number of hydrogen-bond donors (Lipinski definition) is 5. The summed E-state index contributed by atoms with van der Waals surface area (Å²) >= 11 is 0. The lowest BCUT2D eigenvalue weighted by Gasteiger charge is -2.38. The summed E-state index contributed by atoms with van der Waals surface area (Å²) in [5.74, 6) is 1.88. The smallest absolute Gasteiger partial charge is 0.319 e. The molecule has 1 fully saturated rings. The molecular formula is C46H52N10O6. The van der Waals surface area contributed by atoms with Crippen molar-refractivity contribution in [1.82, 2.24) is 34.9 Å². The van der Waals surface area contributed by atoms with Crippen molar-refractivity contribution in [2.45, 2.75) is 52.5 Å². The average Bonchev–Trinajstić information content (AvgIpc) is 3.67. The first kappa shape index (κ1) is 41.6. The number of phenolic OH excluding ortho intramolecular Hbond substituents is 2. The van der Waals surface area contributed by atoms with Crippen molar-refractivity contribution >= 4 is 40.0 Å². The van der Waals surface area contributed by atoms with Gasteiger partial charge in [0.15, 0.2) is 5.82 Å². The molecule has 4 heterocycles. The zero-order valence-corrected chi connectivity index (χ0v) is 35.2. The number of ether oxygens (including phenoxy) is 1. The van der Waals surface area contributed by atoms with E-state index in [1.807, 2.05) is 25.7 Å². The summed E-state index contributed by atoms with van der Waals surface area (Å²) in [5, 5.41) is 48.0. The number of amides is 2. The highest BCUT2D eigenvalue weighted by Gasteiger charge is 2.29. The topological polar surface area (TPSA) is 194 Å². The van der Waals surface area contributed by atoms with Crippen molar-refractivity contribution in [3.8, 4) is 40.3 Å². The van der Waals surface area contributed by atoms with E-state index in [1.54, 1.807) is 30.3 Å². The molecule has 2 amide bonds. The molecule has 0 spiro atoms. The molecule has 16 heteroatoms. The molecule has 2 aromatic heterocycles. The SMILES string of the molecule is CCC(=O)N1CCN(c2nc(NCCC(=O)NCCOc3ccc(-n4c(O)nnc4-c4cc(C(C)C)c(O)cc4O)cc3)nc3c2CCN(c2cccc4ccccc24)C3)CC1. The van der Waals surface area contributed by atoms with Crippen molar-refractivity contribution in [2.24, 2.45) is 0 Å². The van der Waals surface area contributed by atoms with Crippen LogP contribution in [0.15, 0.2) is 78.9 Å². The van der Waals surface area contributed by atoms with Gasteiger partial charge in [-0.3, -0.25) is 9.59 Å². The molecule has 4 aromatic carbocycles. The molecule has 5 N–H and O–H groups in total. The third-order valence-corrected chi connectivity index (χ3v) is 11.5. The lowest BCUT2D eigenvalue weighted by atomic mass is 9.98. The second-order valence-corrected chi connectivity index (χ2v) is 15.8. The number of benzene rings is 4. The number of phenols is 2. The van der Waals surface area contributed by atoms with Crippen molar-refractivity contribution in [1.29, 1.82) is 0 Å². The predicted octanol–water partition coefficient (Wildman–Crippen LogP) is 5.74. The van der Waals surface area contributed by atoms with Crippen molar-refractivity contribution < 1.29 is 29.6 Å². The average molecular weight is 841 g/mol. The van der Waals surface area contributed by atoms with Crippen LogP contribution in [0.25, 0.3) is 27.8 Å². The molecule has 0 bridgehead atoms. The summed E-state index contributed by atoms with van der Waals surface area (Å²) in [4.78, 5) is 41.9. The summed E-state index contributed by atoms with van der Waals surface area (Å²) in [6.45, 7) is 10.7. The van der Waals surface area contributed by atoms with Crippen LogP contribution in [0.1, 0.15) is 56.4 Å². The minimum absolute atomic E-state index is 0.0202. The highest BCUT2D eigenvalue weighted by atomic mass is 16.5. The van der Waals surface area contributed by atoms with Gasteiger partial charge in [0.25, 0.3) is 0 Å². The maximum absolute atomic E-state index is 12.9. The van der Waals surface area contributed by atoms with Crippen LogP contribution in [0.4, 0.5) is 17.5 Å². The summed E-state index contributed by atoms with van der Waals surface area (Å²) < 4.78 is 7.28. The fraction of sp³-hybridized carbons (Fsp3) is 0.348. The van der Waals surface area contributed by atoms with Gasteiger partial charge in [-0.05, 0) is 59.7 Å². The molecule has 0 atom stereocenters. The Balaban J connectivity index is 0.872. The molecule has 8 rings (SSSR count). The fourth-order valence-corrected chi connectivity index (χ4v) is 8.18. The number of fused-ring (bicyclic) bond motifs is 2. The lowest BCUT2D eigenvalue weighted by Crippen LogP contribution is -2.49. The van der Waals surface area contributed by atoms with Crippen molar-refractivity contribution in [2.75, 3.05) is 67.5 Å². The van der Waals surface area contributed by atoms with Crippen LogP contribution in [0, 0.1) is 0 Å². The standard InChI is InChI=1S/C46H52N10O6/c1-4-42(60)53-21-23-54(24-22-53)43-34-17-20-55(38-11-7-9-30-8-5-6-10-33(30)38)28-37(34)49-45(50-43)48-18-16-41(59)47-19-25-62-32-14-12-31(13-15-32)56-44(51-52-46(56)61)36-26-35(29(2)3)39(57)27-40(36)58/h5-15,26-27,29,57-58H,4,16-25,28H2,1-3H3,(H,47,59)(H,52,61)(H,48,49,50). The molecule has 0 saturated carbocycles. The number of carbonyl (C=O) groups excluding carboxylic acids is 2. The van der Waals surface area contributed by atoms with Crippen LogP contribution < -0.4 is 25.2 Å². The molecule has 322 valence electrons. The van der Waals surface area contributed by atoms with Crippen LogP contribution in [-0.4, -0.2) is 109 Å². The normalized spacial score (nSPS) is 14.0. The molecule has 62 heavy (non-hydrogen) atoms. The van der Waals surface area contributed by atoms with Crippen molar-refractivity contribution in [3.05, 3.63) is 95.7 Å². The molecule has 0 aliphatic carbocycles. The second kappa shape index (κ2) is 18.3. The van der Waals surface area contributed by atoms with E-state index in [2.05, 4.69) is 73.1 Å². The Kier molecular flexibility index (Phi) is 12.3. The van der Waals surface area contributed by atoms with Crippen LogP contribution in [0.2, 0.25) is 0 Å². The summed E-state index contributed by atoms with van der Waals surface area (Å²) in [7, 11) is 0. The minimum atomic E-state index is -0.369. The number of anilines is 3. The number of nitrogens with zero attached hydrogens (tertiary/aromatic N) is 8. The Morgan fingerprint density at radius 1 is 0.839 bits per heavy atom. The van der Waals surface area contributed by atoms with Gasteiger partial charge in [0, 0.05) is 74.8 Å². The number of aromatic nitrogens is 5. The monoisotopic (exact) mass is 840 g/mol. The number of rotatable bonds is 14. The van der Waals surface area contributed by atoms with Gasteiger partial charge in [-0.2, -0.15) is 4.98 Å². The number of nitrogens with one attached hydrogen (secondary N) is 2. The zero-order valence-electron chi connectivity index (χ0n) is 35.2. The highest BCUT2D eigenvalue weighted by Crippen LogP contribution is 2.39. The zero-order chi connectivity index (χ0) is 43.3. The van der Waals surface area contributed by atoms with Gasteiger partial charge in [-0.25, -0.2) is 9.55 Å². The highest BCUT2D eigenvalue weighted by molar-refractivity contribution is 5.94. The van der Waals surface area contributed by atoms with Gasteiger partial charge in [0.1, 0.15) is 29.7 Å². The molecule has 2 aliphatic heterocycles. The Bertz CT molecular complexity index is 2570. The van der Waals surface area contributed by atoms with Crippen molar-refractivity contribution in [3.63, 3.8) is 0 Å². The van der Waals surface area contributed by atoms with E-state index >= 15 is 0 Å². The number of hydrogen-bond acceptors (Lipinski definition) is 13. The summed E-state index contributed by atoms with van der Waals surface area (Å²) in [5.41, 5.74) is 4.71. The third-order valence-electron chi connectivity index (χ3n) is 11.5.